The molecule has 114 valence electrons. The van der Waals surface area contributed by atoms with Crippen LogP contribution in [0.2, 0.25) is 0 Å². The predicted octanol–water partition coefficient (Wildman–Crippen LogP) is -0.288. The second kappa shape index (κ2) is 7.04. The molecule has 0 bridgehead atoms. The number of esters is 1. The highest BCUT2D eigenvalue weighted by molar-refractivity contribution is 5.86. The Morgan fingerprint density at radius 3 is 2.70 bits per heavy atom. The van der Waals surface area contributed by atoms with Gasteiger partial charge in [0.1, 0.15) is 0 Å². The van der Waals surface area contributed by atoms with Crippen molar-refractivity contribution in [3.05, 3.63) is 0 Å². The van der Waals surface area contributed by atoms with Crippen LogP contribution in [0.15, 0.2) is 0 Å². The van der Waals surface area contributed by atoms with E-state index in [0.29, 0.717) is 12.5 Å². The first-order chi connectivity index (χ1) is 9.63. The topological polar surface area (TPSA) is 70.1 Å². The Hall–Kier alpha value is -1.14. The van der Waals surface area contributed by atoms with Gasteiger partial charge in [-0.05, 0) is 31.8 Å². The van der Waals surface area contributed by atoms with Crippen molar-refractivity contribution < 1.29 is 19.4 Å². The van der Waals surface area contributed by atoms with E-state index >= 15 is 0 Å². The van der Waals surface area contributed by atoms with E-state index in [1.807, 2.05) is 4.90 Å². The molecule has 0 spiro atoms. The fraction of sp³-hybridized carbons (Fsp3) is 0.857. The van der Waals surface area contributed by atoms with Gasteiger partial charge in [0, 0.05) is 26.1 Å². The molecule has 6 heteroatoms. The molecule has 2 saturated heterocycles. The summed E-state index contributed by atoms with van der Waals surface area (Å²) < 4.78 is 4.71. The Morgan fingerprint density at radius 2 is 2.10 bits per heavy atom. The molecule has 1 N–H and O–H groups in total. The molecule has 2 aliphatic heterocycles. The van der Waals surface area contributed by atoms with Gasteiger partial charge in [-0.25, -0.2) is 0 Å². The van der Waals surface area contributed by atoms with E-state index in [9.17, 15) is 9.59 Å². The molecule has 0 saturated carbocycles. The Morgan fingerprint density at radius 1 is 1.40 bits per heavy atom. The molecule has 2 rings (SSSR count). The first-order valence-electron chi connectivity index (χ1n) is 7.33. The zero-order valence-corrected chi connectivity index (χ0v) is 12.1. The summed E-state index contributed by atoms with van der Waals surface area (Å²) in [7, 11) is 1.37. The predicted molar refractivity (Wildman–Crippen MR) is 73.0 cm³/mol. The largest absolute Gasteiger partial charge is 0.469 e. The van der Waals surface area contributed by atoms with Gasteiger partial charge in [0.05, 0.1) is 19.6 Å². The van der Waals surface area contributed by atoms with Gasteiger partial charge in [0.15, 0.2) is 0 Å². The van der Waals surface area contributed by atoms with E-state index in [2.05, 4.69) is 4.90 Å². The molecule has 2 aliphatic rings. The highest BCUT2D eigenvalue weighted by atomic mass is 16.5. The molecule has 6 nitrogen and oxygen atoms in total. The van der Waals surface area contributed by atoms with Crippen molar-refractivity contribution in [2.75, 3.05) is 46.4 Å². The van der Waals surface area contributed by atoms with Crippen molar-refractivity contribution >= 4 is 11.9 Å². The number of carbonyl (C=O) groups is 2. The average Bonchev–Trinajstić information content (AvgIpc) is 2.82. The van der Waals surface area contributed by atoms with E-state index in [4.69, 9.17) is 9.84 Å². The van der Waals surface area contributed by atoms with Crippen molar-refractivity contribution in [3.63, 3.8) is 0 Å². The summed E-state index contributed by atoms with van der Waals surface area (Å²) >= 11 is 0. The number of hydrogen-bond donors (Lipinski definition) is 1. The van der Waals surface area contributed by atoms with Crippen molar-refractivity contribution in [1.82, 2.24) is 9.80 Å². The molecular weight excluding hydrogens is 260 g/mol. The molecule has 20 heavy (non-hydrogen) atoms. The number of rotatable bonds is 5. The molecule has 0 aliphatic carbocycles. The lowest BCUT2D eigenvalue weighted by atomic mass is 9.96. The zero-order valence-electron chi connectivity index (χ0n) is 12.1. The second-order valence-electron chi connectivity index (χ2n) is 5.73. The Kier molecular flexibility index (Phi) is 5.37. The third-order valence-electron chi connectivity index (χ3n) is 4.35. The molecule has 0 aromatic rings. The van der Waals surface area contributed by atoms with E-state index in [1.165, 1.54) is 7.11 Å². The standard InChI is InChI=1S/C14H24N2O4/c1-20-14(19)12-8-13(18)16(10-12)9-11-2-4-15(5-3-11)6-7-17/h11-12,17H,2-10H2,1H3. The quantitative estimate of drug-likeness (QED) is 0.703. The maximum absolute atomic E-state index is 11.9. The summed E-state index contributed by atoms with van der Waals surface area (Å²) in [6.07, 6.45) is 2.38. The summed E-state index contributed by atoms with van der Waals surface area (Å²) in [5.74, 6) is 0.00377. The SMILES string of the molecule is COC(=O)C1CC(=O)N(CC2CCN(CCO)CC2)C1. The van der Waals surface area contributed by atoms with Crippen molar-refractivity contribution in [1.29, 1.82) is 0 Å². The molecule has 2 heterocycles. The van der Waals surface area contributed by atoms with E-state index in [-0.39, 0.29) is 30.8 Å². The van der Waals surface area contributed by atoms with Crippen LogP contribution in [0.5, 0.6) is 0 Å². The maximum Gasteiger partial charge on any atom is 0.310 e. The van der Waals surface area contributed by atoms with Gasteiger partial charge in [-0.15, -0.1) is 0 Å². The first kappa shape index (κ1) is 15.3. The third kappa shape index (κ3) is 3.70. The van der Waals surface area contributed by atoms with Crippen LogP contribution < -0.4 is 0 Å². The number of piperidine rings is 1. The van der Waals surface area contributed by atoms with Gasteiger partial charge < -0.3 is 19.6 Å². The van der Waals surface area contributed by atoms with Gasteiger partial charge in [-0.3, -0.25) is 9.59 Å². The number of hydrogen-bond acceptors (Lipinski definition) is 5. The first-order valence-corrected chi connectivity index (χ1v) is 7.33. The minimum absolute atomic E-state index is 0.0678. The second-order valence-corrected chi connectivity index (χ2v) is 5.73. The average molecular weight is 284 g/mol. The van der Waals surface area contributed by atoms with Crippen LogP contribution in [0.25, 0.3) is 0 Å². The van der Waals surface area contributed by atoms with Gasteiger partial charge >= 0.3 is 5.97 Å². The minimum Gasteiger partial charge on any atom is -0.469 e. The molecule has 1 atom stereocenters. The number of nitrogens with zero attached hydrogens (tertiary/aromatic N) is 2. The van der Waals surface area contributed by atoms with Gasteiger partial charge in [-0.1, -0.05) is 0 Å². The fourth-order valence-electron chi connectivity index (χ4n) is 3.12. The molecule has 0 aromatic heterocycles. The monoisotopic (exact) mass is 284 g/mol. The van der Waals surface area contributed by atoms with Gasteiger partial charge in [0.25, 0.3) is 0 Å². The number of amides is 1. The summed E-state index contributed by atoms with van der Waals surface area (Å²) in [6, 6.07) is 0. The van der Waals surface area contributed by atoms with Gasteiger partial charge in [0.2, 0.25) is 5.91 Å². The molecule has 0 aromatic carbocycles. The lowest BCUT2D eigenvalue weighted by molar-refractivity contribution is -0.145. The summed E-state index contributed by atoms with van der Waals surface area (Å²) in [6.45, 7) is 4.15. The normalized spacial score (nSPS) is 25.2. The van der Waals surface area contributed by atoms with E-state index in [0.717, 1.165) is 39.0 Å². The molecular formula is C14H24N2O4. The lowest BCUT2D eigenvalue weighted by Crippen LogP contribution is -2.40. The highest BCUT2D eigenvalue weighted by Crippen LogP contribution is 2.24. The number of likely N-dealkylation sites (tertiary alicyclic amines) is 2. The van der Waals surface area contributed by atoms with E-state index in [1.54, 1.807) is 0 Å². The van der Waals surface area contributed by atoms with Crippen LogP contribution in [0.1, 0.15) is 19.3 Å². The Labute approximate surface area is 119 Å². The summed E-state index contributed by atoms with van der Waals surface area (Å²) in [5.41, 5.74) is 0. The van der Waals surface area contributed by atoms with Crippen LogP contribution >= 0.6 is 0 Å². The number of ether oxygens (including phenoxy) is 1. The maximum atomic E-state index is 11.9. The van der Waals surface area contributed by atoms with Crippen molar-refractivity contribution in [2.24, 2.45) is 11.8 Å². The summed E-state index contributed by atoms with van der Waals surface area (Å²) in [4.78, 5) is 27.5. The number of methoxy groups -OCH3 is 1. The van der Waals surface area contributed by atoms with Crippen molar-refractivity contribution in [3.8, 4) is 0 Å². The molecule has 0 radical (unpaired) electrons. The van der Waals surface area contributed by atoms with Crippen LogP contribution in [0.3, 0.4) is 0 Å². The minimum atomic E-state index is -0.290. The number of aliphatic hydroxyl groups excluding tert-OH is 1. The Balaban J connectivity index is 1.77. The number of aliphatic hydroxyl groups is 1. The molecule has 1 amide bonds. The van der Waals surface area contributed by atoms with Crippen LogP contribution in [0, 0.1) is 11.8 Å². The summed E-state index contributed by atoms with van der Waals surface area (Å²) in [5, 5.41) is 8.92. The van der Waals surface area contributed by atoms with Crippen LogP contribution in [0.4, 0.5) is 0 Å². The lowest BCUT2D eigenvalue weighted by Gasteiger charge is -2.33. The van der Waals surface area contributed by atoms with Gasteiger partial charge in [-0.2, -0.15) is 0 Å². The molecule has 1 unspecified atom stereocenters. The van der Waals surface area contributed by atoms with E-state index < -0.39 is 0 Å². The van der Waals surface area contributed by atoms with Crippen molar-refractivity contribution in [2.45, 2.75) is 19.3 Å². The highest BCUT2D eigenvalue weighted by Gasteiger charge is 2.36. The third-order valence-corrected chi connectivity index (χ3v) is 4.35. The van der Waals surface area contributed by atoms with Crippen LogP contribution in [-0.4, -0.2) is 73.2 Å². The number of β-amino-alcohol motifs (C(OH)–C–C–N with tert-alkyl or cyclic N) is 1. The zero-order chi connectivity index (χ0) is 14.5. The van der Waals surface area contributed by atoms with Crippen LogP contribution in [-0.2, 0) is 14.3 Å². The Bertz CT molecular complexity index is 353. The fourth-order valence-corrected chi connectivity index (χ4v) is 3.12. The molecule has 2 fully saturated rings. The smallest absolute Gasteiger partial charge is 0.310 e. The number of carbonyl (C=O) groups excluding carboxylic acids is 2.